The molecule has 1 aromatic heterocycles. The predicted molar refractivity (Wildman–Crippen MR) is 66.2 cm³/mol. The van der Waals surface area contributed by atoms with Crippen molar-refractivity contribution in [2.75, 3.05) is 25.2 Å². The first kappa shape index (κ1) is 11.5. The molecule has 1 aromatic carbocycles. The number of ether oxygens (including phenoxy) is 1. The third kappa shape index (κ3) is 2.06. The molecule has 0 atom stereocenters. The Morgan fingerprint density at radius 2 is 2.11 bits per heavy atom. The third-order valence-corrected chi connectivity index (χ3v) is 3.38. The first-order chi connectivity index (χ1) is 8.74. The van der Waals surface area contributed by atoms with Crippen LogP contribution in [-0.2, 0) is 4.74 Å². The molecule has 1 fully saturated rings. The van der Waals surface area contributed by atoms with Gasteiger partial charge in [0.2, 0.25) is 0 Å². The average molecular weight is 250 g/mol. The van der Waals surface area contributed by atoms with Crippen molar-refractivity contribution in [3.8, 4) is 0 Å². The summed E-state index contributed by atoms with van der Waals surface area (Å²) in [7, 11) is 1.96. The number of hydrogen-bond donors (Lipinski definition) is 0. The number of oxazole rings is 1. The Balaban J connectivity index is 1.88. The van der Waals surface area contributed by atoms with Crippen molar-refractivity contribution in [2.24, 2.45) is 0 Å². The predicted octanol–water partition coefficient (Wildman–Crippen LogP) is 2.58. The van der Waals surface area contributed by atoms with Gasteiger partial charge in [0.05, 0.1) is 0 Å². The van der Waals surface area contributed by atoms with Gasteiger partial charge < -0.3 is 14.1 Å². The summed E-state index contributed by atoms with van der Waals surface area (Å²) in [5.41, 5.74) is 1.18. The fraction of sp³-hybridized carbons (Fsp3) is 0.462. The van der Waals surface area contributed by atoms with E-state index in [0.717, 1.165) is 26.1 Å². The van der Waals surface area contributed by atoms with Crippen LogP contribution in [0.25, 0.3) is 11.1 Å². The number of halogens is 1. The Morgan fingerprint density at radius 1 is 1.33 bits per heavy atom. The second-order valence-corrected chi connectivity index (χ2v) is 4.56. The minimum absolute atomic E-state index is 0.307. The van der Waals surface area contributed by atoms with Crippen LogP contribution in [0, 0.1) is 5.82 Å². The lowest BCUT2D eigenvalue weighted by Crippen LogP contribution is -2.36. The summed E-state index contributed by atoms with van der Waals surface area (Å²) in [6, 6.07) is 5.31. The van der Waals surface area contributed by atoms with Crippen molar-refractivity contribution in [1.82, 2.24) is 4.98 Å². The van der Waals surface area contributed by atoms with Gasteiger partial charge in [-0.15, -0.1) is 0 Å². The molecule has 1 saturated heterocycles. The van der Waals surface area contributed by atoms with Crippen molar-refractivity contribution in [2.45, 2.75) is 18.9 Å². The van der Waals surface area contributed by atoms with E-state index < -0.39 is 0 Å². The number of benzene rings is 1. The van der Waals surface area contributed by atoms with E-state index in [-0.39, 0.29) is 5.82 Å². The number of fused-ring (bicyclic) bond motifs is 1. The fourth-order valence-electron chi connectivity index (χ4n) is 2.27. The largest absolute Gasteiger partial charge is 0.423 e. The van der Waals surface area contributed by atoms with Crippen molar-refractivity contribution in [1.29, 1.82) is 0 Å². The lowest BCUT2D eigenvalue weighted by Gasteiger charge is -2.29. The molecule has 96 valence electrons. The standard InChI is InChI=1S/C13H15FN2O2/c1-16(10-4-6-17-7-5-10)13-15-11-3-2-9(14)8-12(11)18-13/h2-3,8,10H,4-7H2,1H3. The maximum atomic E-state index is 13.1. The highest BCUT2D eigenvalue weighted by Crippen LogP contribution is 2.25. The minimum atomic E-state index is -0.307. The molecule has 5 heteroatoms. The number of aromatic nitrogens is 1. The van der Waals surface area contributed by atoms with Crippen molar-refractivity contribution >= 4 is 17.1 Å². The normalized spacial score (nSPS) is 17.2. The molecule has 0 saturated carbocycles. The molecular weight excluding hydrogens is 235 g/mol. The Hall–Kier alpha value is -1.62. The number of rotatable bonds is 2. The lowest BCUT2D eigenvalue weighted by molar-refractivity contribution is 0.0847. The summed E-state index contributed by atoms with van der Waals surface area (Å²) < 4.78 is 24.0. The SMILES string of the molecule is CN(c1nc2ccc(F)cc2o1)C1CCOCC1. The van der Waals surface area contributed by atoms with Gasteiger partial charge in [-0.25, -0.2) is 4.39 Å². The minimum Gasteiger partial charge on any atom is -0.423 e. The zero-order valence-corrected chi connectivity index (χ0v) is 10.2. The van der Waals surface area contributed by atoms with Crippen LogP contribution >= 0.6 is 0 Å². The van der Waals surface area contributed by atoms with Gasteiger partial charge in [0.15, 0.2) is 5.58 Å². The van der Waals surface area contributed by atoms with Crippen LogP contribution in [0.5, 0.6) is 0 Å². The molecule has 1 aliphatic heterocycles. The molecule has 3 rings (SSSR count). The molecule has 0 N–H and O–H groups in total. The molecule has 1 aliphatic rings. The second-order valence-electron chi connectivity index (χ2n) is 4.56. The monoisotopic (exact) mass is 250 g/mol. The first-order valence-electron chi connectivity index (χ1n) is 6.11. The van der Waals surface area contributed by atoms with Crippen molar-refractivity contribution in [3.05, 3.63) is 24.0 Å². The molecule has 0 bridgehead atoms. The van der Waals surface area contributed by atoms with E-state index in [4.69, 9.17) is 9.15 Å². The summed E-state index contributed by atoms with van der Waals surface area (Å²) in [6.07, 6.45) is 1.92. The van der Waals surface area contributed by atoms with Crippen LogP contribution in [0.15, 0.2) is 22.6 Å². The topological polar surface area (TPSA) is 38.5 Å². The van der Waals surface area contributed by atoms with E-state index in [9.17, 15) is 4.39 Å². The van der Waals surface area contributed by atoms with Gasteiger partial charge in [-0.2, -0.15) is 4.98 Å². The van der Waals surface area contributed by atoms with Crippen LogP contribution in [0.3, 0.4) is 0 Å². The molecule has 4 nitrogen and oxygen atoms in total. The second kappa shape index (κ2) is 4.57. The van der Waals surface area contributed by atoms with Crippen LogP contribution in [-0.4, -0.2) is 31.3 Å². The molecular formula is C13H15FN2O2. The van der Waals surface area contributed by atoms with E-state index >= 15 is 0 Å². The Bertz CT molecular complexity index is 549. The zero-order chi connectivity index (χ0) is 12.5. The van der Waals surface area contributed by atoms with Gasteiger partial charge in [-0.3, -0.25) is 0 Å². The maximum absolute atomic E-state index is 13.1. The number of hydrogen-bond acceptors (Lipinski definition) is 4. The maximum Gasteiger partial charge on any atom is 0.298 e. The van der Waals surface area contributed by atoms with E-state index in [0.29, 0.717) is 23.2 Å². The summed E-state index contributed by atoms with van der Waals surface area (Å²) in [4.78, 5) is 6.40. The summed E-state index contributed by atoms with van der Waals surface area (Å²) >= 11 is 0. The molecule has 2 heterocycles. The van der Waals surface area contributed by atoms with Crippen LogP contribution < -0.4 is 4.90 Å². The molecule has 0 spiro atoms. The van der Waals surface area contributed by atoms with Crippen LogP contribution in [0.4, 0.5) is 10.4 Å². The van der Waals surface area contributed by atoms with Gasteiger partial charge in [0.25, 0.3) is 6.01 Å². The van der Waals surface area contributed by atoms with Gasteiger partial charge in [-0.05, 0) is 25.0 Å². The van der Waals surface area contributed by atoms with E-state index in [2.05, 4.69) is 4.98 Å². The Labute approximate surface area is 104 Å². The highest BCUT2D eigenvalue weighted by Gasteiger charge is 2.22. The van der Waals surface area contributed by atoms with E-state index in [1.54, 1.807) is 6.07 Å². The molecule has 0 radical (unpaired) electrons. The first-order valence-corrected chi connectivity index (χ1v) is 6.11. The molecule has 0 aliphatic carbocycles. The highest BCUT2D eigenvalue weighted by atomic mass is 19.1. The quantitative estimate of drug-likeness (QED) is 0.821. The molecule has 2 aromatic rings. The van der Waals surface area contributed by atoms with E-state index in [1.165, 1.54) is 12.1 Å². The zero-order valence-electron chi connectivity index (χ0n) is 10.2. The smallest absolute Gasteiger partial charge is 0.298 e. The van der Waals surface area contributed by atoms with Gasteiger partial charge in [0.1, 0.15) is 11.3 Å². The fourth-order valence-corrected chi connectivity index (χ4v) is 2.27. The molecule has 0 amide bonds. The van der Waals surface area contributed by atoms with Crippen LogP contribution in [0.2, 0.25) is 0 Å². The van der Waals surface area contributed by atoms with Gasteiger partial charge in [-0.1, -0.05) is 0 Å². The average Bonchev–Trinajstić information content (AvgIpc) is 2.81. The lowest BCUT2D eigenvalue weighted by atomic mass is 10.1. The summed E-state index contributed by atoms with van der Waals surface area (Å²) in [5.74, 6) is -0.307. The summed E-state index contributed by atoms with van der Waals surface area (Å²) in [5, 5.41) is 0. The third-order valence-electron chi connectivity index (χ3n) is 3.38. The Kier molecular flexibility index (Phi) is 2.91. The van der Waals surface area contributed by atoms with Crippen molar-refractivity contribution < 1.29 is 13.5 Å². The van der Waals surface area contributed by atoms with E-state index in [1.807, 2.05) is 11.9 Å². The van der Waals surface area contributed by atoms with Gasteiger partial charge in [0, 0.05) is 32.4 Å². The van der Waals surface area contributed by atoms with Crippen molar-refractivity contribution in [3.63, 3.8) is 0 Å². The molecule has 18 heavy (non-hydrogen) atoms. The van der Waals surface area contributed by atoms with Crippen LogP contribution in [0.1, 0.15) is 12.8 Å². The number of nitrogens with zero attached hydrogens (tertiary/aromatic N) is 2. The van der Waals surface area contributed by atoms with Gasteiger partial charge >= 0.3 is 0 Å². The highest BCUT2D eigenvalue weighted by molar-refractivity contribution is 5.74. The molecule has 0 unspecified atom stereocenters. The number of anilines is 1. The Morgan fingerprint density at radius 3 is 2.89 bits per heavy atom. The summed E-state index contributed by atoms with van der Waals surface area (Å²) in [6.45, 7) is 1.54.